The van der Waals surface area contributed by atoms with Gasteiger partial charge in [0.25, 0.3) is 0 Å². The normalized spacial score (nSPS) is 10.7. The van der Waals surface area contributed by atoms with Gasteiger partial charge in [-0.1, -0.05) is 6.07 Å². The highest BCUT2D eigenvalue weighted by Crippen LogP contribution is 2.14. The molecule has 2 rings (SSSR count). The predicted molar refractivity (Wildman–Crippen MR) is 65.8 cm³/mol. The van der Waals surface area contributed by atoms with Crippen molar-refractivity contribution in [2.24, 2.45) is 5.73 Å². The maximum atomic E-state index is 5.52. The first-order chi connectivity index (χ1) is 7.70. The van der Waals surface area contributed by atoms with Crippen LogP contribution in [0.25, 0.3) is 5.69 Å². The van der Waals surface area contributed by atoms with Crippen LogP contribution in [0.3, 0.4) is 0 Å². The largest absolute Gasteiger partial charge is 0.330 e. The van der Waals surface area contributed by atoms with E-state index in [1.165, 1.54) is 16.7 Å². The smallest absolute Gasteiger partial charge is 0.0648 e. The Morgan fingerprint density at radius 2 is 2.06 bits per heavy atom. The minimum absolute atomic E-state index is 0.665. The van der Waals surface area contributed by atoms with E-state index in [1.54, 1.807) is 0 Å². The van der Waals surface area contributed by atoms with Gasteiger partial charge in [0.15, 0.2) is 0 Å². The van der Waals surface area contributed by atoms with Crippen molar-refractivity contribution >= 4 is 0 Å². The molecule has 84 valence electrons. The highest BCUT2D eigenvalue weighted by molar-refractivity contribution is 5.39. The van der Waals surface area contributed by atoms with E-state index in [0.29, 0.717) is 6.54 Å². The Morgan fingerprint density at radius 3 is 2.75 bits per heavy atom. The first-order valence-electron chi connectivity index (χ1n) is 5.52. The summed E-state index contributed by atoms with van der Waals surface area (Å²) in [5, 5.41) is 4.34. The summed E-state index contributed by atoms with van der Waals surface area (Å²) in [4.78, 5) is 0. The van der Waals surface area contributed by atoms with Gasteiger partial charge in [-0.05, 0) is 55.6 Å². The molecule has 0 amide bonds. The third-order valence-corrected chi connectivity index (χ3v) is 2.82. The van der Waals surface area contributed by atoms with Crippen LogP contribution >= 0.6 is 0 Å². The Bertz CT molecular complexity index is 486. The number of aromatic nitrogens is 2. The summed E-state index contributed by atoms with van der Waals surface area (Å²) in [5.41, 5.74) is 10.4. The maximum Gasteiger partial charge on any atom is 0.0648 e. The lowest BCUT2D eigenvalue weighted by atomic mass is 10.1. The van der Waals surface area contributed by atoms with Crippen molar-refractivity contribution in [3.8, 4) is 5.69 Å². The molecule has 1 heterocycles. The molecule has 1 aromatic heterocycles. The Labute approximate surface area is 95.9 Å². The van der Waals surface area contributed by atoms with Gasteiger partial charge >= 0.3 is 0 Å². The SMILES string of the molecule is Cc1ccc(-n2cc(CCN)cn2)cc1C. The fourth-order valence-corrected chi connectivity index (χ4v) is 1.67. The second-order valence-corrected chi connectivity index (χ2v) is 4.10. The van der Waals surface area contributed by atoms with Gasteiger partial charge in [-0.25, -0.2) is 4.68 Å². The molecule has 0 aliphatic carbocycles. The van der Waals surface area contributed by atoms with E-state index in [2.05, 4.69) is 37.1 Å². The van der Waals surface area contributed by atoms with Crippen molar-refractivity contribution in [2.75, 3.05) is 6.54 Å². The van der Waals surface area contributed by atoms with Crippen LogP contribution < -0.4 is 5.73 Å². The molecule has 0 unspecified atom stereocenters. The van der Waals surface area contributed by atoms with Crippen LogP contribution in [0.5, 0.6) is 0 Å². The van der Waals surface area contributed by atoms with E-state index in [4.69, 9.17) is 5.73 Å². The van der Waals surface area contributed by atoms with Crippen LogP contribution in [0, 0.1) is 13.8 Å². The number of aryl methyl sites for hydroxylation is 2. The monoisotopic (exact) mass is 215 g/mol. The van der Waals surface area contributed by atoms with E-state index in [-0.39, 0.29) is 0 Å². The Morgan fingerprint density at radius 1 is 1.25 bits per heavy atom. The molecular formula is C13H17N3. The minimum Gasteiger partial charge on any atom is -0.330 e. The lowest BCUT2D eigenvalue weighted by Gasteiger charge is -2.04. The molecule has 0 aliphatic rings. The lowest BCUT2D eigenvalue weighted by Crippen LogP contribution is -2.01. The van der Waals surface area contributed by atoms with Crippen molar-refractivity contribution in [2.45, 2.75) is 20.3 Å². The van der Waals surface area contributed by atoms with Crippen molar-refractivity contribution in [3.63, 3.8) is 0 Å². The summed E-state index contributed by atoms with van der Waals surface area (Å²) in [6.45, 7) is 4.89. The molecule has 3 nitrogen and oxygen atoms in total. The highest BCUT2D eigenvalue weighted by Gasteiger charge is 2.01. The van der Waals surface area contributed by atoms with Crippen LogP contribution in [0.1, 0.15) is 16.7 Å². The summed E-state index contributed by atoms with van der Waals surface area (Å²) in [7, 11) is 0. The Hall–Kier alpha value is -1.61. The number of hydrogen-bond acceptors (Lipinski definition) is 2. The fourth-order valence-electron chi connectivity index (χ4n) is 1.67. The van der Waals surface area contributed by atoms with Gasteiger partial charge in [-0.2, -0.15) is 5.10 Å². The quantitative estimate of drug-likeness (QED) is 0.851. The average Bonchev–Trinajstić information content (AvgIpc) is 2.71. The fraction of sp³-hybridized carbons (Fsp3) is 0.308. The lowest BCUT2D eigenvalue weighted by molar-refractivity contribution is 0.876. The average molecular weight is 215 g/mol. The molecule has 0 fully saturated rings. The number of rotatable bonds is 3. The van der Waals surface area contributed by atoms with Gasteiger partial charge in [0.1, 0.15) is 0 Å². The topological polar surface area (TPSA) is 43.8 Å². The minimum atomic E-state index is 0.665. The van der Waals surface area contributed by atoms with Crippen LogP contribution in [0.2, 0.25) is 0 Å². The number of nitrogens with two attached hydrogens (primary N) is 1. The zero-order valence-electron chi connectivity index (χ0n) is 9.77. The van der Waals surface area contributed by atoms with Gasteiger partial charge in [-0.3, -0.25) is 0 Å². The third kappa shape index (κ3) is 2.14. The van der Waals surface area contributed by atoms with Gasteiger partial charge in [0.2, 0.25) is 0 Å². The molecule has 0 aliphatic heterocycles. The first-order valence-corrected chi connectivity index (χ1v) is 5.52. The molecule has 0 spiro atoms. The molecule has 2 aromatic rings. The molecular weight excluding hydrogens is 198 g/mol. The Kier molecular flexibility index (Phi) is 3.06. The summed E-state index contributed by atoms with van der Waals surface area (Å²) in [5.74, 6) is 0. The van der Waals surface area contributed by atoms with E-state index < -0.39 is 0 Å². The summed E-state index contributed by atoms with van der Waals surface area (Å²) < 4.78 is 1.90. The van der Waals surface area contributed by atoms with Crippen LogP contribution in [-0.2, 0) is 6.42 Å². The molecule has 0 saturated carbocycles. The van der Waals surface area contributed by atoms with Crippen molar-refractivity contribution in [1.82, 2.24) is 9.78 Å². The number of nitrogens with zero attached hydrogens (tertiary/aromatic N) is 2. The summed E-state index contributed by atoms with van der Waals surface area (Å²) in [6.07, 6.45) is 4.80. The predicted octanol–water partition coefficient (Wildman–Crippen LogP) is 1.99. The van der Waals surface area contributed by atoms with Crippen LogP contribution in [-0.4, -0.2) is 16.3 Å². The second-order valence-electron chi connectivity index (χ2n) is 4.10. The zero-order chi connectivity index (χ0) is 11.5. The molecule has 3 heteroatoms. The van der Waals surface area contributed by atoms with Crippen molar-refractivity contribution < 1.29 is 0 Å². The van der Waals surface area contributed by atoms with E-state index >= 15 is 0 Å². The number of hydrogen-bond donors (Lipinski definition) is 1. The maximum absolute atomic E-state index is 5.52. The molecule has 0 saturated heterocycles. The highest BCUT2D eigenvalue weighted by atomic mass is 15.3. The number of benzene rings is 1. The summed E-state index contributed by atoms with van der Waals surface area (Å²) in [6, 6.07) is 6.35. The Balaban J connectivity index is 2.31. The van der Waals surface area contributed by atoms with Gasteiger partial charge in [0, 0.05) is 6.20 Å². The molecule has 2 N–H and O–H groups in total. The van der Waals surface area contributed by atoms with Crippen LogP contribution in [0.15, 0.2) is 30.6 Å². The first kappa shape index (κ1) is 10.9. The summed E-state index contributed by atoms with van der Waals surface area (Å²) >= 11 is 0. The van der Waals surface area contributed by atoms with Gasteiger partial charge < -0.3 is 5.73 Å². The van der Waals surface area contributed by atoms with E-state index in [9.17, 15) is 0 Å². The zero-order valence-corrected chi connectivity index (χ0v) is 9.77. The van der Waals surface area contributed by atoms with Crippen LogP contribution in [0.4, 0.5) is 0 Å². The van der Waals surface area contributed by atoms with Gasteiger partial charge in [-0.15, -0.1) is 0 Å². The van der Waals surface area contributed by atoms with Gasteiger partial charge in [0.05, 0.1) is 11.9 Å². The van der Waals surface area contributed by atoms with E-state index in [1.807, 2.05) is 17.1 Å². The third-order valence-electron chi connectivity index (χ3n) is 2.82. The molecule has 0 bridgehead atoms. The second kappa shape index (κ2) is 4.49. The standard InChI is InChI=1S/C13H17N3/c1-10-3-4-13(7-11(10)2)16-9-12(5-6-14)8-15-16/h3-4,7-9H,5-6,14H2,1-2H3. The molecule has 16 heavy (non-hydrogen) atoms. The molecule has 0 radical (unpaired) electrons. The van der Waals surface area contributed by atoms with Crippen molar-refractivity contribution in [3.05, 3.63) is 47.3 Å². The molecule has 0 atom stereocenters. The molecule has 1 aromatic carbocycles. The van der Waals surface area contributed by atoms with Crippen molar-refractivity contribution in [1.29, 1.82) is 0 Å². The van der Waals surface area contributed by atoms with E-state index in [0.717, 1.165) is 12.1 Å².